The average Bonchev–Trinajstić information content (AvgIpc) is 2.87. The molecule has 0 radical (unpaired) electrons. The molecule has 0 fully saturated rings. The summed E-state index contributed by atoms with van der Waals surface area (Å²) in [5.41, 5.74) is 4.02. The second kappa shape index (κ2) is 6.91. The van der Waals surface area contributed by atoms with Crippen LogP contribution in [0.2, 0.25) is 0 Å². The Kier molecular flexibility index (Phi) is 5.23. The number of benzene rings is 2. The zero-order valence-corrected chi connectivity index (χ0v) is 20.2. The molecule has 1 atom stereocenters. The topological polar surface area (TPSA) is 35.5 Å². The maximum Gasteiger partial charge on any atom is 0.435 e. The Bertz CT molecular complexity index is 905. The van der Waals surface area contributed by atoms with Crippen molar-refractivity contribution in [1.82, 2.24) is 0 Å². The normalized spacial score (nSPS) is 19.6. The highest BCUT2D eigenvalue weighted by Gasteiger charge is 2.40. The smallest absolute Gasteiger partial charge is 0.416 e. The molecule has 0 aliphatic carbocycles. The van der Waals surface area contributed by atoms with Crippen molar-refractivity contribution in [3.8, 4) is 11.5 Å². The van der Waals surface area contributed by atoms with E-state index in [0.29, 0.717) is 17.7 Å². The number of hydrogen-bond donors (Lipinski definition) is 0. The molecule has 0 spiro atoms. The molecular weight excluding hydrogens is 379 g/mol. The van der Waals surface area contributed by atoms with Crippen LogP contribution in [0.25, 0.3) is 0 Å². The summed E-state index contributed by atoms with van der Waals surface area (Å²) in [6, 6.07) is 12.1. The van der Waals surface area contributed by atoms with E-state index in [9.17, 15) is 4.57 Å². The van der Waals surface area contributed by atoms with Gasteiger partial charge in [-0.15, -0.1) is 0 Å². The Balaban J connectivity index is 2.18. The van der Waals surface area contributed by atoms with Crippen LogP contribution in [-0.2, 0) is 27.0 Å². The van der Waals surface area contributed by atoms with Crippen LogP contribution in [-0.4, -0.2) is 0 Å². The summed E-state index contributed by atoms with van der Waals surface area (Å²) in [7, 11) is -3.32. The molecular formula is C25H35O3P. The van der Waals surface area contributed by atoms with E-state index in [1.54, 1.807) is 0 Å². The largest absolute Gasteiger partial charge is 0.435 e. The summed E-state index contributed by atoms with van der Waals surface area (Å²) >= 11 is 0. The fourth-order valence-corrected chi connectivity index (χ4v) is 5.38. The first-order chi connectivity index (χ1) is 13.1. The second-order valence-corrected chi connectivity index (χ2v) is 13.1. The third-order valence-electron chi connectivity index (χ3n) is 5.38. The maximum atomic E-state index is 13.6. The SMILES string of the molecule is CC(C)(C)c1cc(C(C)(C)C)c(OP2(=O)Cc3ccccc3O2)c(C(C)(C)C)c1. The second-order valence-electron chi connectivity index (χ2n) is 11.2. The first-order valence-electron chi connectivity index (χ1n) is 10.4. The van der Waals surface area contributed by atoms with Gasteiger partial charge >= 0.3 is 7.60 Å². The molecule has 0 amide bonds. The van der Waals surface area contributed by atoms with Gasteiger partial charge in [0.2, 0.25) is 0 Å². The monoisotopic (exact) mass is 414 g/mol. The molecule has 1 aliphatic rings. The van der Waals surface area contributed by atoms with Gasteiger partial charge in [0.15, 0.2) is 0 Å². The number of rotatable bonds is 2. The molecule has 158 valence electrons. The fourth-order valence-electron chi connectivity index (χ4n) is 3.58. The third-order valence-corrected chi connectivity index (χ3v) is 7.04. The Morgan fingerprint density at radius 2 is 1.34 bits per heavy atom. The summed E-state index contributed by atoms with van der Waals surface area (Å²) in [5.74, 6) is 1.38. The predicted molar refractivity (Wildman–Crippen MR) is 122 cm³/mol. The summed E-state index contributed by atoms with van der Waals surface area (Å²) in [5, 5.41) is 0. The highest BCUT2D eigenvalue weighted by atomic mass is 31.2. The van der Waals surface area contributed by atoms with Crippen LogP contribution in [0.1, 0.15) is 84.6 Å². The third kappa shape index (κ3) is 4.56. The van der Waals surface area contributed by atoms with Crippen molar-refractivity contribution in [2.45, 2.75) is 84.7 Å². The zero-order valence-electron chi connectivity index (χ0n) is 19.3. The summed E-state index contributed by atoms with van der Waals surface area (Å²) < 4.78 is 25.9. The number of hydrogen-bond acceptors (Lipinski definition) is 3. The molecule has 3 nitrogen and oxygen atoms in total. The highest BCUT2D eigenvalue weighted by molar-refractivity contribution is 7.54. The van der Waals surface area contributed by atoms with Gasteiger partial charge < -0.3 is 9.05 Å². The lowest BCUT2D eigenvalue weighted by Gasteiger charge is -2.33. The molecule has 1 heterocycles. The van der Waals surface area contributed by atoms with E-state index in [4.69, 9.17) is 9.05 Å². The van der Waals surface area contributed by atoms with Crippen molar-refractivity contribution < 1.29 is 13.6 Å². The van der Waals surface area contributed by atoms with E-state index in [1.807, 2.05) is 24.3 Å². The maximum absolute atomic E-state index is 13.6. The molecule has 0 N–H and O–H groups in total. The minimum Gasteiger partial charge on any atom is -0.416 e. The van der Waals surface area contributed by atoms with Crippen molar-refractivity contribution in [2.75, 3.05) is 0 Å². The molecule has 2 aromatic carbocycles. The van der Waals surface area contributed by atoms with E-state index in [1.165, 1.54) is 5.56 Å². The molecule has 0 aromatic heterocycles. The highest BCUT2D eigenvalue weighted by Crippen LogP contribution is 2.60. The first kappa shape index (κ1) is 22.0. The molecule has 1 unspecified atom stereocenters. The molecule has 0 saturated heterocycles. The lowest BCUT2D eigenvalue weighted by atomic mass is 9.75. The molecule has 1 aliphatic heterocycles. The van der Waals surface area contributed by atoms with Crippen LogP contribution in [0.5, 0.6) is 11.5 Å². The van der Waals surface area contributed by atoms with Gasteiger partial charge in [0, 0.05) is 16.7 Å². The Morgan fingerprint density at radius 1 is 0.828 bits per heavy atom. The Morgan fingerprint density at radius 3 is 1.79 bits per heavy atom. The van der Waals surface area contributed by atoms with E-state index < -0.39 is 7.60 Å². The number of para-hydroxylation sites is 1. The van der Waals surface area contributed by atoms with Crippen LogP contribution in [0.3, 0.4) is 0 Å². The van der Waals surface area contributed by atoms with Gasteiger partial charge in [-0.05, 0) is 27.9 Å². The Labute approximate surface area is 176 Å². The molecule has 3 rings (SSSR count). The van der Waals surface area contributed by atoms with Gasteiger partial charge in [-0.25, -0.2) is 4.57 Å². The Hall–Kier alpha value is -1.73. The lowest BCUT2D eigenvalue weighted by Crippen LogP contribution is -2.23. The molecule has 0 bridgehead atoms. The standard InChI is InChI=1S/C25H35O3P/c1-23(2,3)18-14-19(24(4,5)6)22(20(15-18)25(7,8)9)28-29(26)16-17-12-10-11-13-21(17)27-29/h10-15H,16H2,1-9H3. The van der Waals surface area contributed by atoms with Crippen molar-refractivity contribution in [2.24, 2.45) is 0 Å². The van der Waals surface area contributed by atoms with Crippen molar-refractivity contribution in [3.63, 3.8) is 0 Å². The minimum absolute atomic E-state index is 0.00290. The van der Waals surface area contributed by atoms with Gasteiger partial charge in [-0.3, -0.25) is 0 Å². The van der Waals surface area contributed by atoms with E-state index in [0.717, 1.165) is 16.7 Å². The minimum atomic E-state index is -3.32. The van der Waals surface area contributed by atoms with Gasteiger partial charge in [-0.1, -0.05) is 92.6 Å². The molecule has 2 aromatic rings. The lowest BCUT2D eigenvalue weighted by molar-refractivity contribution is 0.383. The average molecular weight is 415 g/mol. The van der Waals surface area contributed by atoms with Gasteiger partial charge in [-0.2, -0.15) is 0 Å². The fraction of sp³-hybridized carbons (Fsp3) is 0.520. The van der Waals surface area contributed by atoms with Crippen LogP contribution >= 0.6 is 7.60 Å². The van der Waals surface area contributed by atoms with Crippen molar-refractivity contribution >= 4 is 7.60 Å². The van der Waals surface area contributed by atoms with Crippen molar-refractivity contribution in [1.29, 1.82) is 0 Å². The molecule has 29 heavy (non-hydrogen) atoms. The molecule has 4 heteroatoms. The van der Waals surface area contributed by atoms with Gasteiger partial charge in [0.1, 0.15) is 17.7 Å². The quantitative estimate of drug-likeness (QED) is 0.471. The van der Waals surface area contributed by atoms with Crippen LogP contribution in [0, 0.1) is 0 Å². The van der Waals surface area contributed by atoms with Crippen LogP contribution in [0.15, 0.2) is 36.4 Å². The van der Waals surface area contributed by atoms with Gasteiger partial charge in [0.05, 0.1) is 0 Å². The predicted octanol–water partition coefficient (Wildman–Crippen LogP) is 7.74. The first-order valence-corrected chi connectivity index (χ1v) is 12.1. The zero-order chi connectivity index (χ0) is 21.8. The van der Waals surface area contributed by atoms with Gasteiger partial charge in [0.25, 0.3) is 0 Å². The summed E-state index contributed by atoms with van der Waals surface area (Å²) in [4.78, 5) is 0. The van der Waals surface area contributed by atoms with Crippen molar-refractivity contribution in [3.05, 3.63) is 58.7 Å². The number of fused-ring (bicyclic) bond motifs is 1. The van der Waals surface area contributed by atoms with Crippen LogP contribution < -0.4 is 9.05 Å². The van der Waals surface area contributed by atoms with E-state index in [2.05, 4.69) is 74.4 Å². The molecule has 0 saturated carbocycles. The van der Waals surface area contributed by atoms with Crippen LogP contribution in [0.4, 0.5) is 0 Å². The van der Waals surface area contributed by atoms with E-state index >= 15 is 0 Å². The summed E-state index contributed by atoms with van der Waals surface area (Å²) in [6.07, 6.45) is 0.303. The van der Waals surface area contributed by atoms with E-state index in [-0.39, 0.29) is 16.2 Å². The summed E-state index contributed by atoms with van der Waals surface area (Å²) in [6.45, 7) is 19.7.